The van der Waals surface area contributed by atoms with Crippen LogP contribution < -0.4 is 10.1 Å². The van der Waals surface area contributed by atoms with Crippen molar-refractivity contribution >= 4 is 17.6 Å². The summed E-state index contributed by atoms with van der Waals surface area (Å²) in [7, 11) is 0. The molecule has 1 heterocycles. The van der Waals surface area contributed by atoms with E-state index in [1.165, 1.54) is 5.56 Å². The van der Waals surface area contributed by atoms with Crippen molar-refractivity contribution in [3.63, 3.8) is 0 Å². The average molecular weight is 363 g/mol. The van der Waals surface area contributed by atoms with Crippen LogP contribution in [-0.2, 0) is 14.3 Å². The van der Waals surface area contributed by atoms with E-state index in [4.69, 9.17) is 9.47 Å². The van der Waals surface area contributed by atoms with E-state index >= 15 is 0 Å². The van der Waals surface area contributed by atoms with Gasteiger partial charge in [0.15, 0.2) is 0 Å². The third kappa shape index (κ3) is 2.78. The van der Waals surface area contributed by atoms with E-state index in [9.17, 15) is 9.59 Å². The molecular formula is C22H21NO4. The molecular weight excluding hydrogens is 342 g/mol. The third-order valence-electron chi connectivity index (χ3n) is 6.16. The predicted molar refractivity (Wildman–Crippen MR) is 99.4 cm³/mol. The van der Waals surface area contributed by atoms with Crippen LogP contribution in [0.2, 0.25) is 0 Å². The first kappa shape index (κ1) is 16.4. The van der Waals surface area contributed by atoms with E-state index < -0.39 is 0 Å². The molecule has 1 N–H and O–H groups in total. The summed E-state index contributed by atoms with van der Waals surface area (Å²) < 4.78 is 11.2. The first-order valence-corrected chi connectivity index (χ1v) is 9.44. The second-order valence-electron chi connectivity index (χ2n) is 7.85. The molecule has 5 atom stereocenters. The van der Waals surface area contributed by atoms with E-state index in [1.54, 1.807) is 0 Å². The summed E-state index contributed by atoms with van der Waals surface area (Å²) in [6.45, 7) is 2.03. The Balaban J connectivity index is 1.25. The Morgan fingerprint density at radius 1 is 1.04 bits per heavy atom. The second kappa shape index (κ2) is 6.12. The smallest absolute Gasteiger partial charge is 0.310 e. The number of amides is 1. The molecule has 5 unspecified atom stereocenters. The molecule has 5 rings (SSSR count). The minimum absolute atomic E-state index is 0.0507. The van der Waals surface area contributed by atoms with Crippen LogP contribution in [0, 0.1) is 30.6 Å². The van der Waals surface area contributed by atoms with Gasteiger partial charge in [-0.25, -0.2) is 0 Å². The molecule has 2 aliphatic carbocycles. The fourth-order valence-corrected chi connectivity index (χ4v) is 4.94. The Labute approximate surface area is 157 Å². The van der Waals surface area contributed by atoms with Crippen molar-refractivity contribution in [3.05, 3.63) is 54.1 Å². The predicted octanol–water partition coefficient (Wildman–Crippen LogP) is 3.92. The van der Waals surface area contributed by atoms with E-state index in [-0.39, 0.29) is 41.7 Å². The van der Waals surface area contributed by atoms with Crippen molar-refractivity contribution in [2.45, 2.75) is 25.9 Å². The number of carbonyl (C=O) groups is 2. The Morgan fingerprint density at radius 2 is 1.70 bits per heavy atom. The van der Waals surface area contributed by atoms with E-state index in [0.717, 1.165) is 18.6 Å². The van der Waals surface area contributed by atoms with E-state index in [0.29, 0.717) is 11.4 Å². The van der Waals surface area contributed by atoms with E-state index in [2.05, 4.69) is 5.32 Å². The normalized spacial score (nSPS) is 30.3. The Morgan fingerprint density at radius 3 is 2.41 bits per heavy atom. The minimum Gasteiger partial charge on any atom is -0.462 e. The van der Waals surface area contributed by atoms with Gasteiger partial charge in [-0.2, -0.15) is 0 Å². The summed E-state index contributed by atoms with van der Waals surface area (Å²) >= 11 is 0. The molecule has 2 aromatic rings. The van der Waals surface area contributed by atoms with Crippen molar-refractivity contribution in [1.29, 1.82) is 0 Å². The number of carbonyl (C=O) groups excluding carboxylic acids is 2. The number of hydrogen-bond donors (Lipinski definition) is 1. The number of esters is 1. The Kier molecular flexibility index (Phi) is 3.71. The van der Waals surface area contributed by atoms with Crippen LogP contribution in [0.1, 0.15) is 18.4 Å². The van der Waals surface area contributed by atoms with Gasteiger partial charge in [-0.15, -0.1) is 0 Å². The minimum atomic E-state index is -0.260. The van der Waals surface area contributed by atoms with Gasteiger partial charge >= 0.3 is 5.97 Å². The molecule has 27 heavy (non-hydrogen) atoms. The number of aryl methyl sites for hydroxylation is 1. The molecule has 3 fully saturated rings. The Hall–Kier alpha value is -2.82. The van der Waals surface area contributed by atoms with Gasteiger partial charge in [0.2, 0.25) is 5.91 Å². The molecule has 2 saturated carbocycles. The van der Waals surface area contributed by atoms with Crippen molar-refractivity contribution < 1.29 is 19.1 Å². The maximum absolute atomic E-state index is 12.8. The van der Waals surface area contributed by atoms with Gasteiger partial charge in [0, 0.05) is 11.6 Å². The highest BCUT2D eigenvalue weighted by molar-refractivity contribution is 5.97. The van der Waals surface area contributed by atoms with Crippen LogP contribution in [0.15, 0.2) is 48.5 Å². The summed E-state index contributed by atoms with van der Waals surface area (Å²) in [4.78, 5) is 24.9. The summed E-state index contributed by atoms with van der Waals surface area (Å²) in [6, 6.07) is 15.2. The van der Waals surface area contributed by atoms with Crippen molar-refractivity contribution in [3.8, 4) is 11.5 Å². The zero-order chi connectivity index (χ0) is 18.5. The number of ether oxygens (including phenoxy) is 2. The lowest BCUT2D eigenvalue weighted by Crippen LogP contribution is -2.35. The number of fused-ring (bicyclic) bond motifs is 1. The molecule has 5 nitrogen and oxygen atoms in total. The van der Waals surface area contributed by atoms with Crippen LogP contribution >= 0.6 is 0 Å². The molecule has 138 valence electrons. The quantitative estimate of drug-likeness (QED) is 0.836. The van der Waals surface area contributed by atoms with Crippen molar-refractivity contribution in [1.82, 2.24) is 0 Å². The second-order valence-corrected chi connectivity index (χ2v) is 7.85. The van der Waals surface area contributed by atoms with Gasteiger partial charge in [0.25, 0.3) is 0 Å². The summed E-state index contributed by atoms with van der Waals surface area (Å²) in [6.07, 6.45) is 1.81. The molecule has 1 saturated heterocycles. The van der Waals surface area contributed by atoms with Crippen LogP contribution in [0.5, 0.6) is 11.5 Å². The summed E-state index contributed by atoms with van der Waals surface area (Å²) in [5, 5.41) is 2.97. The monoisotopic (exact) mass is 363 g/mol. The molecule has 0 aromatic heterocycles. The highest BCUT2D eigenvalue weighted by atomic mass is 16.6. The zero-order valence-corrected chi connectivity index (χ0v) is 15.1. The number of benzene rings is 2. The number of rotatable bonds is 4. The molecule has 2 aromatic carbocycles. The van der Waals surface area contributed by atoms with Crippen LogP contribution in [0.4, 0.5) is 5.69 Å². The maximum Gasteiger partial charge on any atom is 0.310 e. The average Bonchev–Trinajstić information content (AvgIpc) is 3.27. The summed E-state index contributed by atoms with van der Waals surface area (Å²) in [5.74, 6) is 1.21. The van der Waals surface area contributed by atoms with E-state index in [1.807, 2.05) is 55.5 Å². The Bertz CT molecular complexity index is 888. The third-order valence-corrected chi connectivity index (χ3v) is 6.16. The molecule has 0 radical (unpaired) electrons. The lowest BCUT2D eigenvalue weighted by atomic mass is 9.79. The first-order chi connectivity index (χ1) is 13.1. The molecule has 5 heteroatoms. The molecule has 3 aliphatic rings. The first-order valence-electron chi connectivity index (χ1n) is 9.44. The zero-order valence-electron chi connectivity index (χ0n) is 15.1. The highest BCUT2D eigenvalue weighted by Gasteiger charge is 2.63. The molecule has 1 aliphatic heterocycles. The number of anilines is 1. The van der Waals surface area contributed by atoms with Gasteiger partial charge in [-0.05, 0) is 62.1 Å². The topological polar surface area (TPSA) is 64.6 Å². The van der Waals surface area contributed by atoms with Gasteiger partial charge in [0.05, 0.1) is 11.8 Å². The SMILES string of the molecule is Cc1ccc(Oc2ccc(NC(=O)C3C4CC5OC(=O)C3C5C4)cc2)cc1. The van der Waals surface area contributed by atoms with Crippen molar-refractivity contribution in [2.24, 2.45) is 23.7 Å². The largest absolute Gasteiger partial charge is 0.462 e. The van der Waals surface area contributed by atoms with Crippen LogP contribution in [0.3, 0.4) is 0 Å². The van der Waals surface area contributed by atoms with Crippen molar-refractivity contribution in [2.75, 3.05) is 5.32 Å². The van der Waals surface area contributed by atoms with Crippen LogP contribution in [-0.4, -0.2) is 18.0 Å². The van der Waals surface area contributed by atoms with Crippen LogP contribution in [0.25, 0.3) is 0 Å². The highest BCUT2D eigenvalue weighted by Crippen LogP contribution is 2.57. The fraction of sp³-hybridized carbons (Fsp3) is 0.364. The van der Waals surface area contributed by atoms with Gasteiger partial charge in [-0.1, -0.05) is 17.7 Å². The summed E-state index contributed by atoms with van der Waals surface area (Å²) in [5.41, 5.74) is 1.89. The fourth-order valence-electron chi connectivity index (χ4n) is 4.94. The lowest BCUT2D eigenvalue weighted by Gasteiger charge is -2.23. The number of nitrogens with one attached hydrogen (secondary N) is 1. The molecule has 1 amide bonds. The maximum atomic E-state index is 12.8. The molecule has 0 spiro atoms. The van der Waals surface area contributed by atoms with Gasteiger partial charge in [0.1, 0.15) is 17.6 Å². The lowest BCUT2D eigenvalue weighted by molar-refractivity contribution is -0.145. The van der Waals surface area contributed by atoms with Gasteiger partial charge < -0.3 is 14.8 Å². The van der Waals surface area contributed by atoms with Gasteiger partial charge in [-0.3, -0.25) is 9.59 Å². The number of hydrogen-bond acceptors (Lipinski definition) is 4. The standard InChI is InChI=1S/C22H21NO4/c1-12-2-6-15(7-3-12)26-16-8-4-14(5-9-16)23-21(24)19-13-10-17-18(11-13)27-22(25)20(17)19/h2-9,13,17-20H,10-11H2,1H3,(H,23,24). The molecule has 2 bridgehead atoms.